The summed E-state index contributed by atoms with van der Waals surface area (Å²) in [6.45, 7) is 0. The first-order valence-electron chi connectivity index (χ1n) is 19.8. The van der Waals surface area contributed by atoms with Gasteiger partial charge >= 0.3 is 0 Å². The van der Waals surface area contributed by atoms with Crippen molar-refractivity contribution < 1.29 is 8.83 Å². The number of hydrogen-bond donors (Lipinski definition) is 3. The number of furan rings is 2. The van der Waals surface area contributed by atoms with Gasteiger partial charge in [0.15, 0.2) is 5.58 Å². The second-order valence-electron chi connectivity index (χ2n) is 15.3. The van der Waals surface area contributed by atoms with Crippen LogP contribution < -0.4 is 16.0 Å². The van der Waals surface area contributed by atoms with E-state index in [1.807, 2.05) is 0 Å². The first kappa shape index (κ1) is 32.5. The zero-order valence-electron chi connectivity index (χ0n) is 31.1. The van der Waals surface area contributed by atoms with Gasteiger partial charge in [-0.25, -0.2) is 0 Å². The van der Waals surface area contributed by atoms with E-state index in [0.29, 0.717) is 0 Å². The fourth-order valence-electron chi connectivity index (χ4n) is 9.30. The van der Waals surface area contributed by atoms with Crippen molar-refractivity contribution in [2.24, 2.45) is 0 Å². The van der Waals surface area contributed by atoms with Crippen molar-refractivity contribution in [3.63, 3.8) is 0 Å². The third-order valence-electron chi connectivity index (χ3n) is 12.0. The molecular weight excluding hydrogens is 701 g/mol. The van der Waals surface area contributed by atoms with E-state index in [4.69, 9.17) is 8.83 Å². The van der Waals surface area contributed by atoms with Gasteiger partial charge in [0.25, 0.3) is 0 Å². The number of fused-ring (bicyclic) bond motifs is 9. The monoisotopic (exact) mass is 738 g/mol. The summed E-state index contributed by atoms with van der Waals surface area (Å²) in [6.07, 6.45) is 8.79. The Morgan fingerprint density at radius 1 is 0.491 bits per heavy atom. The van der Waals surface area contributed by atoms with Gasteiger partial charge in [-0.1, -0.05) is 121 Å². The molecule has 0 amide bonds. The molecule has 57 heavy (non-hydrogen) atoms. The van der Waals surface area contributed by atoms with Crippen molar-refractivity contribution >= 4 is 65.7 Å². The van der Waals surface area contributed by atoms with E-state index in [2.05, 4.69) is 190 Å². The lowest BCUT2D eigenvalue weighted by Gasteiger charge is -2.40. The van der Waals surface area contributed by atoms with Crippen LogP contribution in [0.25, 0.3) is 82.5 Å². The SMILES string of the molecule is C1=CC(C2NC(c3ccccc3)NC(c3cccc4oc5ccc(-c6ccc7c(c6)oc6c(-n8c9ccccc9c9ccccc98)cccc67)cc5c34)N2)=CCC1. The molecule has 6 nitrogen and oxygen atoms in total. The molecule has 1 aliphatic carbocycles. The van der Waals surface area contributed by atoms with Crippen LogP contribution in [0.15, 0.2) is 184 Å². The fraction of sp³-hybridized carbons (Fsp3) is 0.0980. The average molecular weight is 739 g/mol. The van der Waals surface area contributed by atoms with Gasteiger partial charge in [0.2, 0.25) is 0 Å². The minimum atomic E-state index is -0.138. The van der Waals surface area contributed by atoms with E-state index >= 15 is 0 Å². The van der Waals surface area contributed by atoms with Crippen LogP contribution in [-0.4, -0.2) is 10.7 Å². The highest BCUT2D eigenvalue weighted by molar-refractivity contribution is 6.13. The summed E-state index contributed by atoms with van der Waals surface area (Å²) in [5.41, 5.74) is 12.7. The normalized spacial score (nSPS) is 18.7. The predicted octanol–water partition coefficient (Wildman–Crippen LogP) is 12.3. The maximum Gasteiger partial charge on any atom is 0.159 e. The molecule has 2 aliphatic rings. The lowest BCUT2D eigenvalue weighted by atomic mass is 9.97. The zero-order valence-corrected chi connectivity index (χ0v) is 31.1. The number of rotatable bonds is 5. The molecule has 0 bridgehead atoms. The minimum absolute atomic E-state index is 0.0204. The lowest BCUT2D eigenvalue weighted by Crippen LogP contribution is -2.59. The Balaban J connectivity index is 0.967. The van der Waals surface area contributed by atoms with Gasteiger partial charge in [-0.05, 0) is 89.2 Å². The molecule has 0 radical (unpaired) electrons. The summed E-state index contributed by atoms with van der Waals surface area (Å²) in [5.74, 6) is 0. The number of nitrogens with zero attached hydrogens (tertiary/aromatic N) is 1. The largest absolute Gasteiger partial charge is 0.456 e. The Morgan fingerprint density at radius 3 is 2.04 bits per heavy atom. The molecule has 12 rings (SSSR count). The number of hydrogen-bond acceptors (Lipinski definition) is 5. The first-order valence-corrected chi connectivity index (χ1v) is 19.8. The predicted molar refractivity (Wildman–Crippen MR) is 232 cm³/mol. The molecule has 0 saturated carbocycles. The van der Waals surface area contributed by atoms with Crippen LogP contribution in [0, 0.1) is 0 Å². The minimum Gasteiger partial charge on any atom is -0.456 e. The summed E-state index contributed by atoms with van der Waals surface area (Å²) < 4.78 is 15.7. The van der Waals surface area contributed by atoms with Crippen LogP contribution in [0.1, 0.15) is 36.3 Å². The van der Waals surface area contributed by atoms with Gasteiger partial charge in [-0.15, -0.1) is 0 Å². The molecule has 7 aromatic carbocycles. The summed E-state index contributed by atoms with van der Waals surface area (Å²) in [7, 11) is 0. The third-order valence-corrected chi connectivity index (χ3v) is 12.0. The van der Waals surface area contributed by atoms with E-state index in [1.165, 1.54) is 21.9 Å². The van der Waals surface area contributed by atoms with Crippen molar-refractivity contribution in [1.82, 2.24) is 20.5 Å². The Kier molecular flexibility index (Phi) is 7.38. The molecule has 0 spiro atoms. The maximum atomic E-state index is 6.84. The van der Waals surface area contributed by atoms with Gasteiger partial charge in [0.05, 0.1) is 35.2 Å². The molecule has 1 saturated heterocycles. The molecule has 1 aliphatic heterocycles. The molecule has 3 unspecified atom stereocenters. The van der Waals surface area contributed by atoms with Crippen molar-refractivity contribution in [2.75, 3.05) is 0 Å². The topological polar surface area (TPSA) is 67.3 Å². The van der Waals surface area contributed by atoms with E-state index in [9.17, 15) is 0 Å². The second kappa shape index (κ2) is 12.9. The molecular formula is C51H38N4O2. The summed E-state index contributed by atoms with van der Waals surface area (Å²) in [4.78, 5) is 0. The van der Waals surface area contributed by atoms with Crippen molar-refractivity contribution in [2.45, 2.75) is 31.3 Å². The average Bonchev–Trinajstić information content (AvgIpc) is 3.96. The van der Waals surface area contributed by atoms with Gasteiger partial charge in [-0.3, -0.25) is 16.0 Å². The molecule has 1 fully saturated rings. The molecule has 4 heterocycles. The van der Waals surface area contributed by atoms with Crippen LogP contribution in [0.3, 0.4) is 0 Å². The Hall–Kier alpha value is -6.70. The highest BCUT2D eigenvalue weighted by atomic mass is 16.3. The standard InChI is InChI=1S/C51H38N4O2/c1-3-13-31(14-4-1)49-52-50(32-15-5-2-6-16-32)54-51(53-49)39-20-12-24-45-47(39)40-29-33(26-28-44(40)56-45)34-25-27-37-38-19-11-23-43(48(38)57-46(37)30-34)55-41-21-9-7-17-35(41)36-18-8-10-22-42(36)55/h1,3-5,7-30,49-54H,2,6H2. The zero-order chi connectivity index (χ0) is 37.5. The Labute approximate surface area is 328 Å². The molecule has 6 heteroatoms. The summed E-state index contributed by atoms with van der Waals surface area (Å²) in [5, 5.41) is 18.5. The number of aromatic nitrogens is 1. The summed E-state index contributed by atoms with van der Waals surface area (Å²) >= 11 is 0. The molecule has 3 atom stereocenters. The molecule has 274 valence electrons. The maximum absolute atomic E-state index is 6.84. The van der Waals surface area contributed by atoms with Crippen LogP contribution in [0.4, 0.5) is 0 Å². The smallest absolute Gasteiger partial charge is 0.159 e. The molecule has 3 N–H and O–H groups in total. The van der Waals surface area contributed by atoms with Crippen molar-refractivity contribution in [3.05, 3.63) is 187 Å². The third kappa shape index (κ3) is 5.22. The second-order valence-corrected chi connectivity index (χ2v) is 15.3. The highest BCUT2D eigenvalue weighted by Gasteiger charge is 2.32. The van der Waals surface area contributed by atoms with Gasteiger partial charge in [0, 0.05) is 32.3 Å². The number of para-hydroxylation sites is 3. The van der Waals surface area contributed by atoms with Crippen LogP contribution in [0.2, 0.25) is 0 Å². The van der Waals surface area contributed by atoms with Crippen molar-refractivity contribution in [1.29, 1.82) is 0 Å². The van der Waals surface area contributed by atoms with Gasteiger partial charge < -0.3 is 13.4 Å². The van der Waals surface area contributed by atoms with Gasteiger partial charge in [-0.2, -0.15) is 0 Å². The quantitative estimate of drug-likeness (QED) is 0.164. The van der Waals surface area contributed by atoms with E-state index in [-0.39, 0.29) is 18.5 Å². The van der Waals surface area contributed by atoms with Crippen LogP contribution in [-0.2, 0) is 0 Å². The first-order chi connectivity index (χ1) is 28.2. The molecule has 10 aromatic rings. The van der Waals surface area contributed by atoms with Crippen molar-refractivity contribution in [3.8, 4) is 16.8 Å². The van der Waals surface area contributed by atoms with E-state index < -0.39 is 0 Å². The highest BCUT2D eigenvalue weighted by Crippen LogP contribution is 2.41. The van der Waals surface area contributed by atoms with Gasteiger partial charge in [0.1, 0.15) is 16.7 Å². The number of allylic oxidation sites excluding steroid dienone is 2. The molecule has 3 aromatic heterocycles. The Bertz CT molecular complexity index is 3200. The fourth-order valence-corrected chi connectivity index (χ4v) is 9.30. The number of nitrogens with one attached hydrogen (secondary N) is 3. The summed E-state index contributed by atoms with van der Waals surface area (Å²) in [6, 6.07) is 53.9. The van der Waals surface area contributed by atoms with Crippen LogP contribution in [0.5, 0.6) is 0 Å². The number of benzene rings is 7. The van der Waals surface area contributed by atoms with E-state index in [0.717, 1.165) is 90.1 Å². The van der Waals surface area contributed by atoms with Crippen LogP contribution >= 0.6 is 0 Å². The Morgan fingerprint density at radius 2 is 1.21 bits per heavy atom. The lowest BCUT2D eigenvalue weighted by molar-refractivity contribution is 0.225. The van der Waals surface area contributed by atoms with E-state index in [1.54, 1.807) is 0 Å².